The molecule has 0 bridgehead atoms. The maximum absolute atomic E-state index is 13.8. The highest BCUT2D eigenvalue weighted by Crippen LogP contribution is 2.36. The third-order valence-corrected chi connectivity index (χ3v) is 4.08. The van der Waals surface area contributed by atoms with Gasteiger partial charge in [-0.25, -0.2) is 4.39 Å². The molecule has 2 aromatic rings. The molecule has 2 N–H and O–H groups in total. The molecule has 0 fully saturated rings. The Morgan fingerprint density at radius 1 is 1.10 bits per heavy atom. The van der Waals surface area contributed by atoms with E-state index in [1.165, 1.54) is 6.07 Å². The summed E-state index contributed by atoms with van der Waals surface area (Å²) in [5, 5.41) is 0.615. The van der Waals surface area contributed by atoms with Crippen LogP contribution in [0.15, 0.2) is 30.3 Å². The molecule has 0 saturated carbocycles. The van der Waals surface area contributed by atoms with Crippen molar-refractivity contribution in [1.82, 2.24) is 0 Å². The topological polar surface area (TPSA) is 35.2 Å². The molecule has 0 unspecified atom stereocenters. The van der Waals surface area contributed by atoms with Crippen LogP contribution in [0.3, 0.4) is 0 Å². The zero-order valence-corrected chi connectivity index (χ0v) is 12.4. The molecule has 4 heteroatoms. The van der Waals surface area contributed by atoms with Crippen molar-refractivity contribution in [3.05, 3.63) is 57.9 Å². The Bertz CT molecular complexity index is 672. The Morgan fingerprint density at radius 2 is 1.90 bits per heavy atom. The summed E-state index contributed by atoms with van der Waals surface area (Å²) in [6, 6.07) is 8.72. The van der Waals surface area contributed by atoms with Gasteiger partial charge < -0.3 is 10.5 Å². The third kappa shape index (κ3) is 2.89. The SMILES string of the molecule is NCCc1ccc(Cl)cc1Oc1ccc(F)c2c1CCC2. The van der Waals surface area contributed by atoms with Gasteiger partial charge in [-0.1, -0.05) is 17.7 Å². The summed E-state index contributed by atoms with van der Waals surface area (Å²) < 4.78 is 19.8. The summed E-state index contributed by atoms with van der Waals surface area (Å²) >= 11 is 6.05. The number of fused-ring (bicyclic) bond motifs is 1. The standard InChI is InChI=1S/C17H17ClFNO/c18-12-5-4-11(8-9-20)17(10-12)21-16-7-6-15(19)13-2-1-3-14(13)16/h4-7,10H,1-3,8-9,20H2. The van der Waals surface area contributed by atoms with Gasteiger partial charge in [0.05, 0.1) is 0 Å². The number of hydrogen-bond acceptors (Lipinski definition) is 2. The minimum atomic E-state index is -0.136. The number of benzene rings is 2. The zero-order valence-electron chi connectivity index (χ0n) is 11.7. The molecule has 0 heterocycles. The average Bonchev–Trinajstić information content (AvgIpc) is 2.95. The van der Waals surface area contributed by atoms with E-state index in [4.69, 9.17) is 22.1 Å². The molecule has 1 aliphatic rings. The van der Waals surface area contributed by atoms with Crippen molar-refractivity contribution in [2.24, 2.45) is 5.73 Å². The highest BCUT2D eigenvalue weighted by Gasteiger charge is 2.20. The van der Waals surface area contributed by atoms with Crippen LogP contribution in [0.2, 0.25) is 5.02 Å². The van der Waals surface area contributed by atoms with Crippen molar-refractivity contribution < 1.29 is 9.13 Å². The first-order chi connectivity index (χ1) is 10.2. The molecule has 3 rings (SSSR count). The van der Waals surface area contributed by atoms with Crippen LogP contribution in [0.1, 0.15) is 23.1 Å². The van der Waals surface area contributed by atoms with E-state index in [1.807, 2.05) is 12.1 Å². The highest BCUT2D eigenvalue weighted by atomic mass is 35.5. The van der Waals surface area contributed by atoms with Crippen molar-refractivity contribution in [3.63, 3.8) is 0 Å². The van der Waals surface area contributed by atoms with Gasteiger partial charge >= 0.3 is 0 Å². The van der Waals surface area contributed by atoms with Crippen molar-refractivity contribution in [2.75, 3.05) is 6.54 Å². The lowest BCUT2D eigenvalue weighted by atomic mass is 10.1. The fraction of sp³-hybridized carbons (Fsp3) is 0.294. The Kier molecular flexibility index (Phi) is 4.13. The van der Waals surface area contributed by atoms with E-state index in [-0.39, 0.29) is 5.82 Å². The third-order valence-electron chi connectivity index (χ3n) is 3.85. The molecule has 2 nitrogen and oxygen atoms in total. The molecule has 0 saturated heterocycles. The van der Waals surface area contributed by atoms with Crippen molar-refractivity contribution in [2.45, 2.75) is 25.7 Å². The number of hydrogen-bond donors (Lipinski definition) is 1. The molecule has 0 aromatic heterocycles. The van der Waals surface area contributed by atoms with Gasteiger partial charge in [0.25, 0.3) is 0 Å². The molecule has 0 amide bonds. The number of nitrogens with two attached hydrogens (primary N) is 1. The van der Waals surface area contributed by atoms with E-state index < -0.39 is 0 Å². The quantitative estimate of drug-likeness (QED) is 0.916. The first kappa shape index (κ1) is 14.4. The van der Waals surface area contributed by atoms with Crippen molar-refractivity contribution >= 4 is 11.6 Å². The van der Waals surface area contributed by atoms with Gasteiger partial charge in [0.2, 0.25) is 0 Å². The van der Waals surface area contributed by atoms with E-state index in [1.54, 1.807) is 12.1 Å². The van der Waals surface area contributed by atoms with E-state index in [0.29, 0.717) is 17.3 Å². The van der Waals surface area contributed by atoms with Crippen LogP contribution in [0, 0.1) is 5.82 Å². The van der Waals surface area contributed by atoms with Gasteiger partial charge in [-0.3, -0.25) is 0 Å². The van der Waals surface area contributed by atoms with Crippen LogP contribution < -0.4 is 10.5 Å². The summed E-state index contributed by atoms with van der Waals surface area (Å²) in [6.07, 6.45) is 3.33. The monoisotopic (exact) mass is 305 g/mol. The number of rotatable bonds is 4. The fourth-order valence-electron chi connectivity index (χ4n) is 2.83. The Hall–Kier alpha value is -1.58. The largest absolute Gasteiger partial charge is 0.457 e. The van der Waals surface area contributed by atoms with E-state index in [2.05, 4.69) is 0 Å². The van der Waals surface area contributed by atoms with Crippen LogP contribution in [0.4, 0.5) is 4.39 Å². The minimum Gasteiger partial charge on any atom is -0.457 e. The van der Waals surface area contributed by atoms with Crippen LogP contribution in [0.5, 0.6) is 11.5 Å². The maximum atomic E-state index is 13.8. The Labute approximate surface area is 128 Å². The molecule has 0 radical (unpaired) electrons. The summed E-state index contributed by atoms with van der Waals surface area (Å²) in [6.45, 7) is 0.541. The molecule has 1 aliphatic carbocycles. The van der Waals surface area contributed by atoms with E-state index >= 15 is 0 Å². The highest BCUT2D eigenvalue weighted by molar-refractivity contribution is 6.30. The van der Waals surface area contributed by atoms with E-state index in [9.17, 15) is 4.39 Å². The second-order valence-electron chi connectivity index (χ2n) is 5.25. The van der Waals surface area contributed by atoms with Crippen LogP contribution in [-0.4, -0.2) is 6.54 Å². The summed E-state index contributed by atoms with van der Waals surface area (Å²) in [5.41, 5.74) is 8.41. The summed E-state index contributed by atoms with van der Waals surface area (Å²) in [4.78, 5) is 0. The molecule has 0 atom stereocenters. The average molecular weight is 306 g/mol. The predicted molar refractivity (Wildman–Crippen MR) is 82.7 cm³/mol. The predicted octanol–water partition coefficient (Wildman–Crippen LogP) is 4.26. The molecule has 110 valence electrons. The summed E-state index contributed by atoms with van der Waals surface area (Å²) in [7, 11) is 0. The zero-order chi connectivity index (χ0) is 14.8. The lowest BCUT2D eigenvalue weighted by molar-refractivity contribution is 0.468. The number of halogens is 2. The van der Waals surface area contributed by atoms with Crippen molar-refractivity contribution in [1.29, 1.82) is 0 Å². The van der Waals surface area contributed by atoms with Crippen molar-refractivity contribution in [3.8, 4) is 11.5 Å². The Morgan fingerprint density at radius 3 is 2.71 bits per heavy atom. The molecule has 21 heavy (non-hydrogen) atoms. The maximum Gasteiger partial charge on any atom is 0.132 e. The molecule has 2 aromatic carbocycles. The minimum absolute atomic E-state index is 0.136. The first-order valence-corrected chi connectivity index (χ1v) is 7.53. The molecule has 0 spiro atoms. The fourth-order valence-corrected chi connectivity index (χ4v) is 2.99. The lowest BCUT2D eigenvalue weighted by Crippen LogP contribution is -2.04. The van der Waals surface area contributed by atoms with Gasteiger partial charge in [-0.2, -0.15) is 0 Å². The van der Waals surface area contributed by atoms with Gasteiger partial charge in [0.1, 0.15) is 17.3 Å². The second-order valence-corrected chi connectivity index (χ2v) is 5.69. The molecular weight excluding hydrogens is 289 g/mol. The normalized spacial score (nSPS) is 13.3. The Balaban J connectivity index is 1.98. The van der Waals surface area contributed by atoms with Gasteiger partial charge in [-0.15, -0.1) is 0 Å². The van der Waals surface area contributed by atoms with Gasteiger partial charge in [0, 0.05) is 10.6 Å². The number of ether oxygens (including phenoxy) is 1. The van der Waals surface area contributed by atoms with Crippen LogP contribution >= 0.6 is 11.6 Å². The van der Waals surface area contributed by atoms with Crippen LogP contribution in [-0.2, 0) is 19.3 Å². The molecule has 0 aliphatic heterocycles. The summed E-state index contributed by atoms with van der Waals surface area (Å²) in [5.74, 6) is 1.29. The molecular formula is C17H17ClFNO. The van der Waals surface area contributed by atoms with Gasteiger partial charge in [-0.05, 0) is 67.6 Å². The van der Waals surface area contributed by atoms with E-state index in [0.717, 1.165) is 48.1 Å². The smallest absolute Gasteiger partial charge is 0.132 e. The first-order valence-electron chi connectivity index (χ1n) is 7.15. The lowest BCUT2D eigenvalue weighted by Gasteiger charge is -2.14. The van der Waals surface area contributed by atoms with Crippen LogP contribution in [0.25, 0.3) is 0 Å². The van der Waals surface area contributed by atoms with Gasteiger partial charge in [0.15, 0.2) is 0 Å². The second kappa shape index (κ2) is 6.04.